The van der Waals surface area contributed by atoms with E-state index in [0.717, 1.165) is 5.56 Å². The maximum absolute atomic E-state index is 13.4. The number of hydrogen-bond acceptors (Lipinski definition) is 2. The fourth-order valence-corrected chi connectivity index (χ4v) is 1.15. The lowest BCUT2D eigenvalue weighted by Crippen LogP contribution is -2.07. The third-order valence-corrected chi connectivity index (χ3v) is 1.67. The van der Waals surface area contributed by atoms with Crippen molar-refractivity contribution in [1.82, 2.24) is 0 Å². The van der Waals surface area contributed by atoms with Gasteiger partial charge in [-0.15, -0.1) is 0 Å². The molecule has 0 heterocycles. The summed E-state index contributed by atoms with van der Waals surface area (Å²) in [4.78, 5) is 0. The summed E-state index contributed by atoms with van der Waals surface area (Å²) < 4.78 is 23.5. The van der Waals surface area contributed by atoms with Gasteiger partial charge >= 0.3 is 0 Å². The molecule has 0 aliphatic carbocycles. The predicted molar refractivity (Wildman–Crippen MR) is 52.9 cm³/mol. The molecule has 0 fully saturated rings. The Labute approximate surface area is 83.6 Å². The molecule has 0 aromatic heterocycles. The van der Waals surface area contributed by atoms with Gasteiger partial charge in [-0.1, -0.05) is 6.07 Å². The van der Waals surface area contributed by atoms with Crippen LogP contribution in [0.5, 0.6) is 5.75 Å². The van der Waals surface area contributed by atoms with Crippen molar-refractivity contribution in [3.63, 3.8) is 0 Å². The molecule has 0 saturated heterocycles. The normalized spacial score (nSPS) is 10.6. The average molecular weight is 198 g/mol. The Morgan fingerprint density at radius 3 is 2.57 bits per heavy atom. The highest BCUT2D eigenvalue weighted by molar-refractivity contribution is 5.29. The molecule has 0 N–H and O–H groups in total. The molecule has 0 radical (unpaired) electrons. The largest absolute Gasteiger partial charge is 0.488 e. The summed E-state index contributed by atoms with van der Waals surface area (Å²) in [7, 11) is 1.58. The minimum atomic E-state index is -0.340. The monoisotopic (exact) mass is 198 g/mol. The van der Waals surface area contributed by atoms with Crippen LogP contribution in [0.3, 0.4) is 0 Å². The maximum atomic E-state index is 13.4. The molecule has 78 valence electrons. The van der Waals surface area contributed by atoms with E-state index in [4.69, 9.17) is 9.47 Å². The van der Waals surface area contributed by atoms with E-state index < -0.39 is 0 Å². The van der Waals surface area contributed by atoms with Gasteiger partial charge < -0.3 is 9.47 Å². The molecule has 1 rings (SSSR count). The summed E-state index contributed by atoms with van der Waals surface area (Å²) in [5.74, 6) is -0.0481. The van der Waals surface area contributed by atoms with E-state index in [0.29, 0.717) is 12.4 Å². The van der Waals surface area contributed by atoms with Gasteiger partial charge in [0.25, 0.3) is 0 Å². The van der Waals surface area contributed by atoms with Crippen LogP contribution >= 0.6 is 0 Å². The number of rotatable bonds is 4. The maximum Gasteiger partial charge on any atom is 0.165 e. The third-order valence-electron chi connectivity index (χ3n) is 1.67. The highest BCUT2D eigenvalue weighted by Gasteiger charge is 2.05. The molecule has 2 nitrogen and oxygen atoms in total. The summed E-state index contributed by atoms with van der Waals surface area (Å²) in [6, 6.07) is 4.86. The molecule has 0 unspecified atom stereocenters. The second kappa shape index (κ2) is 4.96. The van der Waals surface area contributed by atoms with E-state index in [1.54, 1.807) is 19.2 Å². The molecule has 14 heavy (non-hydrogen) atoms. The Kier molecular flexibility index (Phi) is 3.89. The standard InChI is InChI=1S/C11H15FO2/c1-8(2)14-11-5-4-9(7-13-3)6-10(11)12/h4-6,8H,7H2,1-3H3. The van der Waals surface area contributed by atoms with Gasteiger partial charge in [0.2, 0.25) is 0 Å². The first-order chi connectivity index (χ1) is 6.63. The lowest BCUT2D eigenvalue weighted by molar-refractivity contribution is 0.184. The zero-order chi connectivity index (χ0) is 10.6. The van der Waals surface area contributed by atoms with Crippen LogP contribution in [0.15, 0.2) is 18.2 Å². The second-order valence-corrected chi connectivity index (χ2v) is 3.36. The van der Waals surface area contributed by atoms with E-state index in [-0.39, 0.29) is 11.9 Å². The Morgan fingerprint density at radius 2 is 2.07 bits per heavy atom. The van der Waals surface area contributed by atoms with Crippen molar-refractivity contribution in [3.05, 3.63) is 29.6 Å². The Morgan fingerprint density at radius 1 is 1.36 bits per heavy atom. The van der Waals surface area contributed by atoms with Gasteiger partial charge in [-0.3, -0.25) is 0 Å². The fraction of sp³-hybridized carbons (Fsp3) is 0.455. The molecule has 3 heteroatoms. The quantitative estimate of drug-likeness (QED) is 0.740. The lowest BCUT2D eigenvalue weighted by atomic mass is 10.2. The van der Waals surface area contributed by atoms with Crippen molar-refractivity contribution in [1.29, 1.82) is 0 Å². The molecule has 0 atom stereocenters. The van der Waals surface area contributed by atoms with Crippen molar-refractivity contribution in [3.8, 4) is 5.75 Å². The van der Waals surface area contributed by atoms with Gasteiger partial charge in [0.1, 0.15) is 0 Å². The minimum Gasteiger partial charge on any atom is -0.488 e. The van der Waals surface area contributed by atoms with Crippen LogP contribution in [0, 0.1) is 5.82 Å². The number of methoxy groups -OCH3 is 1. The molecule has 0 spiro atoms. The van der Waals surface area contributed by atoms with Gasteiger partial charge in [-0.2, -0.15) is 0 Å². The second-order valence-electron chi connectivity index (χ2n) is 3.36. The van der Waals surface area contributed by atoms with Crippen molar-refractivity contribution in [2.75, 3.05) is 7.11 Å². The summed E-state index contributed by atoms with van der Waals surface area (Å²) in [6.07, 6.45) is -0.0159. The van der Waals surface area contributed by atoms with Crippen LogP contribution < -0.4 is 4.74 Å². The molecule has 0 saturated carbocycles. The highest BCUT2D eigenvalue weighted by Crippen LogP contribution is 2.19. The van der Waals surface area contributed by atoms with E-state index in [9.17, 15) is 4.39 Å². The lowest BCUT2D eigenvalue weighted by Gasteiger charge is -2.11. The molecule has 0 bridgehead atoms. The van der Waals surface area contributed by atoms with Crippen molar-refractivity contribution < 1.29 is 13.9 Å². The third kappa shape index (κ3) is 3.00. The minimum absolute atomic E-state index is 0.0159. The van der Waals surface area contributed by atoms with Crippen molar-refractivity contribution >= 4 is 0 Å². The zero-order valence-corrected chi connectivity index (χ0v) is 8.71. The van der Waals surface area contributed by atoms with Crippen molar-refractivity contribution in [2.45, 2.75) is 26.6 Å². The number of hydrogen-bond donors (Lipinski definition) is 0. The van der Waals surface area contributed by atoms with Crippen LogP contribution in [-0.2, 0) is 11.3 Å². The van der Waals surface area contributed by atoms with E-state index in [2.05, 4.69) is 0 Å². The zero-order valence-electron chi connectivity index (χ0n) is 8.71. The summed E-state index contributed by atoms with van der Waals surface area (Å²) in [5, 5.41) is 0. The molecular formula is C11H15FO2. The molecular weight excluding hydrogens is 183 g/mol. The fourth-order valence-electron chi connectivity index (χ4n) is 1.15. The number of halogens is 1. The first-order valence-electron chi connectivity index (χ1n) is 4.57. The summed E-state index contributed by atoms with van der Waals surface area (Å²) in [5.41, 5.74) is 0.807. The topological polar surface area (TPSA) is 18.5 Å². The van der Waals surface area contributed by atoms with E-state index >= 15 is 0 Å². The Bertz CT molecular complexity index is 297. The molecule has 0 aliphatic rings. The number of benzene rings is 1. The highest BCUT2D eigenvalue weighted by atomic mass is 19.1. The van der Waals surface area contributed by atoms with Crippen molar-refractivity contribution in [2.24, 2.45) is 0 Å². The summed E-state index contributed by atoms with van der Waals surface area (Å²) in [6.45, 7) is 4.14. The van der Waals surface area contributed by atoms with Gasteiger partial charge in [-0.25, -0.2) is 4.39 Å². The Balaban J connectivity index is 2.79. The first kappa shape index (κ1) is 11.0. The molecule has 1 aromatic rings. The predicted octanol–water partition coefficient (Wildman–Crippen LogP) is 2.76. The van der Waals surface area contributed by atoms with Gasteiger partial charge in [0.15, 0.2) is 11.6 Å². The smallest absolute Gasteiger partial charge is 0.165 e. The Hall–Kier alpha value is -1.09. The van der Waals surface area contributed by atoms with Crippen LogP contribution in [-0.4, -0.2) is 13.2 Å². The van der Waals surface area contributed by atoms with Crippen LogP contribution in [0.4, 0.5) is 4.39 Å². The van der Waals surface area contributed by atoms with E-state index in [1.807, 2.05) is 13.8 Å². The van der Waals surface area contributed by atoms with Crippen LogP contribution in [0.25, 0.3) is 0 Å². The molecule has 0 amide bonds. The SMILES string of the molecule is COCc1ccc(OC(C)C)c(F)c1. The van der Waals surface area contributed by atoms with Gasteiger partial charge in [0, 0.05) is 7.11 Å². The number of ether oxygens (including phenoxy) is 2. The first-order valence-corrected chi connectivity index (χ1v) is 4.57. The molecule has 1 aromatic carbocycles. The average Bonchev–Trinajstić information content (AvgIpc) is 2.10. The van der Waals surface area contributed by atoms with Gasteiger partial charge in [0.05, 0.1) is 12.7 Å². The molecule has 0 aliphatic heterocycles. The van der Waals surface area contributed by atoms with Gasteiger partial charge in [-0.05, 0) is 31.5 Å². The van der Waals surface area contributed by atoms with Crippen LogP contribution in [0.2, 0.25) is 0 Å². The van der Waals surface area contributed by atoms with Crippen LogP contribution in [0.1, 0.15) is 19.4 Å². The van der Waals surface area contributed by atoms with E-state index in [1.165, 1.54) is 6.07 Å². The summed E-state index contributed by atoms with van der Waals surface area (Å²) >= 11 is 0.